The summed E-state index contributed by atoms with van der Waals surface area (Å²) in [6.07, 6.45) is 2.96. The summed E-state index contributed by atoms with van der Waals surface area (Å²) in [4.78, 5) is 25.0. The molecular formula is C17H18N4O2. The lowest BCUT2D eigenvalue weighted by atomic mass is 9.80. The van der Waals surface area contributed by atoms with Crippen molar-refractivity contribution in [3.63, 3.8) is 0 Å². The van der Waals surface area contributed by atoms with E-state index in [0.717, 1.165) is 11.0 Å². The van der Waals surface area contributed by atoms with Crippen molar-refractivity contribution < 1.29 is 9.53 Å². The molecule has 0 bridgehead atoms. The van der Waals surface area contributed by atoms with Gasteiger partial charge < -0.3 is 10.1 Å². The van der Waals surface area contributed by atoms with Crippen LogP contribution in [-0.2, 0) is 9.53 Å². The molecule has 0 aliphatic heterocycles. The number of methoxy groups -OCH3 is 1. The highest BCUT2D eigenvalue weighted by Gasteiger charge is 2.35. The first-order valence-electron chi connectivity index (χ1n) is 7.52. The molecule has 0 atom stereocenters. The molecule has 0 spiro atoms. The Morgan fingerprint density at radius 3 is 2.65 bits per heavy atom. The van der Waals surface area contributed by atoms with Gasteiger partial charge in [-0.05, 0) is 31.9 Å². The number of rotatable bonds is 4. The molecule has 1 aromatic carbocycles. The summed E-state index contributed by atoms with van der Waals surface area (Å²) in [5.74, 6) is -0.265. The van der Waals surface area contributed by atoms with Crippen LogP contribution in [0.15, 0.2) is 35.5 Å². The van der Waals surface area contributed by atoms with Crippen molar-refractivity contribution in [1.29, 1.82) is 5.41 Å². The average molecular weight is 310 g/mol. The van der Waals surface area contributed by atoms with E-state index in [1.54, 1.807) is 13.1 Å². The third kappa shape index (κ3) is 3.11. The van der Waals surface area contributed by atoms with Gasteiger partial charge in [-0.25, -0.2) is 4.98 Å². The molecule has 1 N–H and O–H groups in total. The van der Waals surface area contributed by atoms with Gasteiger partial charge in [0.25, 0.3) is 0 Å². The molecule has 1 aliphatic carbocycles. The molecule has 1 heterocycles. The molecule has 3 rings (SSSR count). The summed E-state index contributed by atoms with van der Waals surface area (Å²) in [7, 11) is 1.40. The number of ether oxygens (including phenoxy) is 1. The molecule has 1 aliphatic rings. The fourth-order valence-corrected chi connectivity index (χ4v) is 2.66. The maximum absolute atomic E-state index is 11.4. The van der Waals surface area contributed by atoms with Crippen LogP contribution in [0.3, 0.4) is 0 Å². The first-order valence-corrected chi connectivity index (χ1v) is 7.52. The predicted molar refractivity (Wildman–Crippen MR) is 88.0 cm³/mol. The van der Waals surface area contributed by atoms with Crippen molar-refractivity contribution in [3.05, 3.63) is 36.2 Å². The topological polar surface area (TPSA) is 88.3 Å². The number of para-hydroxylation sites is 2. The van der Waals surface area contributed by atoms with E-state index in [2.05, 4.69) is 15.0 Å². The SMILES string of the molecule is COC(=O)C1CC(/N=C(/C(C)=N)c2cnc3ccccc3n2)C1. The maximum atomic E-state index is 11.4. The largest absolute Gasteiger partial charge is 0.469 e. The Morgan fingerprint density at radius 2 is 2.00 bits per heavy atom. The molecule has 1 saturated carbocycles. The van der Waals surface area contributed by atoms with E-state index in [-0.39, 0.29) is 17.9 Å². The number of hydrogen-bond donors (Lipinski definition) is 1. The summed E-state index contributed by atoms with van der Waals surface area (Å²) in [5.41, 5.74) is 3.07. The highest BCUT2D eigenvalue weighted by atomic mass is 16.5. The average Bonchev–Trinajstić information content (AvgIpc) is 2.52. The number of nitrogens with zero attached hydrogens (tertiary/aromatic N) is 3. The number of aliphatic imine (C=N–C) groups is 1. The first-order chi connectivity index (χ1) is 11.1. The van der Waals surface area contributed by atoms with Crippen LogP contribution in [0.2, 0.25) is 0 Å². The van der Waals surface area contributed by atoms with Crippen molar-refractivity contribution in [3.8, 4) is 0 Å². The molecule has 2 aromatic rings. The summed E-state index contributed by atoms with van der Waals surface area (Å²) in [5, 5.41) is 7.97. The van der Waals surface area contributed by atoms with Crippen LogP contribution in [0.5, 0.6) is 0 Å². The quantitative estimate of drug-likeness (QED) is 0.694. The lowest BCUT2D eigenvalue weighted by Gasteiger charge is -2.30. The van der Waals surface area contributed by atoms with Crippen LogP contribution in [-0.4, -0.2) is 40.5 Å². The number of carbonyl (C=O) groups excluding carboxylic acids is 1. The van der Waals surface area contributed by atoms with E-state index in [0.29, 0.717) is 30.0 Å². The minimum Gasteiger partial charge on any atom is -0.469 e. The molecule has 0 saturated heterocycles. The van der Waals surface area contributed by atoms with Crippen molar-refractivity contribution in [2.24, 2.45) is 10.9 Å². The van der Waals surface area contributed by atoms with Crippen LogP contribution in [0.25, 0.3) is 11.0 Å². The molecule has 1 aromatic heterocycles. The van der Waals surface area contributed by atoms with Crippen molar-refractivity contribution >= 4 is 28.4 Å². The van der Waals surface area contributed by atoms with E-state index < -0.39 is 0 Å². The predicted octanol–water partition coefficient (Wildman–Crippen LogP) is 2.41. The number of benzene rings is 1. The minimum absolute atomic E-state index is 0.0303. The summed E-state index contributed by atoms with van der Waals surface area (Å²) < 4.78 is 4.74. The Bertz CT molecular complexity index is 794. The molecule has 0 unspecified atom stereocenters. The van der Waals surface area contributed by atoms with Crippen LogP contribution in [0, 0.1) is 11.3 Å². The van der Waals surface area contributed by atoms with Gasteiger partial charge in [0.15, 0.2) is 0 Å². The lowest BCUT2D eigenvalue weighted by molar-refractivity contribution is -0.148. The van der Waals surface area contributed by atoms with Gasteiger partial charge >= 0.3 is 5.97 Å². The van der Waals surface area contributed by atoms with Gasteiger partial charge in [0.1, 0.15) is 11.4 Å². The van der Waals surface area contributed by atoms with Gasteiger partial charge in [-0.15, -0.1) is 0 Å². The normalized spacial score (nSPS) is 20.9. The van der Waals surface area contributed by atoms with E-state index in [1.165, 1.54) is 7.11 Å². The smallest absolute Gasteiger partial charge is 0.308 e. The van der Waals surface area contributed by atoms with E-state index >= 15 is 0 Å². The van der Waals surface area contributed by atoms with Crippen molar-refractivity contribution in [2.45, 2.75) is 25.8 Å². The summed E-state index contributed by atoms with van der Waals surface area (Å²) >= 11 is 0. The summed E-state index contributed by atoms with van der Waals surface area (Å²) in [6, 6.07) is 7.63. The molecule has 1 fully saturated rings. The number of esters is 1. The number of nitrogens with one attached hydrogen (secondary N) is 1. The zero-order valence-electron chi connectivity index (χ0n) is 13.1. The van der Waals surface area contributed by atoms with Crippen molar-refractivity contribution in [2.75, 3.05) is 7.11 Å². The van der Waals surface area contributed by atoms with Crippen LogP contribution < -0.4 is 0 Å². The van der Waals surface area contributed by atoms with E-state index in [9.17, 15) is 4.79 Å². The minimum atomic E-state index is -0.185. The third-order valence-electron chi connectivity index (χ3n) is 4.01. The van der Waals surface area contributed by atoms with Crippen LogP contribution in [0.1, 0.15) is 25.5 Å². The Morgan fingerprint density at radius 1 is 1.30 bits per heavy atom. The Kier molecular flexibility index (Phi) is 4.14. The first kappa shape index (κ1) is 15.3. The zero-order valence-corrected chi connectivity index (χ0v) is 13.1. The van der Waals surface area contributed by atoms with Gasteiger partial charge in [-0.3, -0.25) is 14.8 Å². The molecule has 23 heavy (non-hydrogen) atoms. The second kappa shape index (κ2) is 6.24. The van der Waals surface area contributed by atoms with Gasteiger partial charge in [-0.1, -0.05) is 12.1 Å². The summed E-state index contributed by atoms with van der Waals surface area (Å²) in [6.45, 7) is 1.69. The van der Waals surface area contributed by atoms with Crippen molar-refractivity contribution in [1.82, 2.24) is 9.97 Å². The molecule has 118 valence electrons. The Labute approximate surface area is 134 Å². The standard InChI is InChI=1S/C17H18N4O2/c1-10(18)16(20-12-7-11(8-12)17(22)23-2)15-9-19-13-5-3-4-6-14(13)21-15/h3-6,9,11-12,18H,7-8H2,1-2H3/b18-10?,20-16-. The second-order valence-electron chi connectivity index (χ2n) is 5.69. The van der Waals surface area contributed by atoms with Crippen LogP contribution >= 0.6 is 0 Å². The molecule has 6 nitrogen and oxygen atoms in total. The van der Waals surface area contributed by atoms with E-state index in [1.807, 2.05) is 24.3 Å². The fraction of sp³-hybridized carbons (Fsp3) is 0.353. The maximum Gasteiger partial charge on any atom is 0.308 e. The molecule has 0 radical (unpaired) electrons. The Balaban J connectivity index is 1.85. The highest BCUT2D eigenvalue weighted by molar-refractivity contribution is 6.46. The van der Waals surface area contributed by atoms with Gasteiger partial charge in [0.2, 0.25) is 0 Å². The van der Waals surface area contributed by atoms with Crippen LogP contribution in [0.4, 0.5) is 0 Å². The highest BCUT2D eigenvalue weighted by Crippen LogP contribution is 2.31. The number of carbonyl (C=O) groups is 1. The van der Waals surface area contributed by atoms with Gasteiger partial charge in [-0.2, -0.15) is 0 Å². The number of hydrogen-bond acceptors (Lipinski definition) is 6. The lowest BCUT2D eigenvalue weighted by Crippen LogP contribution is -2.35. The number of fused-ring (bicyclic) bond motifs is 1. The van der Waals surface area contributed by atoms with Gasteiger partial charge in [0, 0.05) is 0 Å². The second-order valence-corrected chi connectivity index (χ2v) is 5.69. The fourth-order valence-electron chi connectivity index (χ4n) is 2.66. The zero-order chi connectivity index (χ0) is 16.4. The molecular weight excluding hydrogens is 292 g/mol. The third-order valence-corrected chi connectivity index (χ3v) is 4.01. The molecule has 0 amide bonds. The Hall–Kier alpha value is -2.63. The molecule has 6 heteroatoms. The van der Waals surface area contributed by atoms with Gasteiger partial charge in [0.05, 0.1) is 42.0 Å². The monoisotopic (exact) mass is 310 g/mol. The number of aromatic nitrogens is 2. The van der Waals surface area contributed by atoms with E-state index in [4.69, 9.17) is 10.1 Å².